The number of hydrogen-bond acceptors (Lipinski definition) is 3. The smallest absolute Gasteiger partial charge is 0.317 e. The minimum atomic E-state index is -0.843. The van der Waals surface area contributed by atoms with Gasteiger partial charge in [-0.1, -0.05) is 98.3 Å². The SMILES string of the molecule is CCCc1cccc(COC[C@H](C(c2ccccc2)c2ccccc2)N(C)CC(=O)O)c1. The fourth-order valence-electron chi connectivity index (χ4n) is 4.23. The molecule has 0 amide bonds. The van der Waals surface area contributed by atoms with Crippen molar-refractivity contribution in [3.63, 3.8) is 0 Å². The first kappa shape index (κ1) is 23.7. The Balaban J connectivity index is 1.84. The largest absolute Gasteiger partial charge is 0.480 e. The highest BCUT2D eigenvalue weighted by atomic mass is 16.5. The van der Waals surface area contributed by atoms with Gasteiger partial charge >= 0.3 is 5.97 Å². The van der Waals surface area contributed by atoms with E-state index in [-0.39, 0.29) is 18.5 Å². The first-order chi connectivity index (χ1) is 15.6. The van der Waals surface area contributed by atoms with Gasteiger partial charge in [0.15, 0.2) is 0 Å². The molecule has 1 N–H and O–H groups in total. The Morgan fingerprint density at radius 2 is 1.50 bits per heavy atom. The minimum Gasteiger partial charge on any atom is -0.480 e. The van der Waals surface area contributed by atoms with Crippen LogP contribution in [0.1, 0.15) is 41.5 Å². The second-order valence-electron chi connectivity index (χ2n) is 8.26. The molecule has 32 heavy (non-hydrogen) atoms. The molecule has 4 heteroatoms. The maximum Gasteiger partial charge on any atom is 0.317 e. The number of hydrogen-bond donors (Lipinski definition) is 1. The predicted octanol–water partition coefficient (Wildman–Crippen LogP) is 5.37. The first-order valence-corrected chi connectivity index (χ1v) is 11.3. The Morgan fingerprint density at radius 1 is 0.906 bits per heavy atom. The molecule has 3 aromatic carbocycles. The van der Waals surface area contributed by atoms with E-state index >= 15 is 0 Å². The fraction of sp³-hybridized carbons (Fsp3) is 0.321. The van der Waals surface area contributed by atoms with Crippen molar-refractivity contribution in [1.29, 1.82) is 0 Å². The molecule has 0 unspecified atom stereocenters. The third-order valence-corrected chi connectivity index (χ3v) is 5.74. The quantitative estimate of drug-likeness (QED) is 0.419. The summed E-state index contributed by atoms with van der Waals surface area (Å²) in [5.74, 6) is -0.849. The molecule has 0 heterocycles. The van der Waals surface area contributed by atoms with Crippen molar-refractivity contribution in [3.05, 3.63) is 107 Å². The summed E-state index contributed by atoms with van der Waals surface area (Å²) in [5, 5.41) is 9.46. The lowest BCUT2D eigenvalue weighted by Crippen LogP contribution is -2.43. The molecule has 168 valence electrons. The van der Waals surface area contributed by atoms with Gasteiger partial charge in [0.25, 0.3) is 0 Å². The third-order valence-electron chi connectivity index (χ3n) is 5.74. The van der Waals surface area contributed by atoms with Crippen LogP contribution in [-0.4, -0.2) is 42.2 Å². The van der Waals surface area contributed by atoms with E-state index in [0.29, 0.717) is 13.2 Å². The number of aliphatic carboxylic acids is 1. The van der Waals surface area contributed by atoms with Gasteiger partial charge in [0.1, 0.15) is 0 Å². The zero-order valence-corrected chi connectivity index (χ0v) is 19.0. The molecule has 0 aromatic heterocycles. The van der Waals surface area contributed by atoms with Gasteiger partial charge in [0.05, 0.1) is 19.8 Å². The lowest BCUT2D eigenvalue weighted by atomic mass is 9.84. The van der Waals surface area contributed by atoms with Crippen LogP contribution in [0.2, 0.25) is 0 Å². The van der Waals surface area contributed by atoms with E-state index in [0.717, 1.165) is 29.5 Å². The maximum atomic E-state index is 11.5. The summed E-state index contributed by atoms with van der Waals surface area (Å²) in [6.45, 7) is 3.07. The van der Waals surface area contributed by atoms with Gasteiger partial charge < -0.3 is 9.84 Å². The Labute approximate surface area is 191 Å². The highest BCUT2D eigenvalue weighted by Gasteiger charge is 2.29. The van der Waals surface area contributed by atoms with E-state index in [1.54, 1.807) is 0 Å². The summed E-state index contributed by atoms with van der Waals surface area (Å²) in [4.78, 5) is 13.4. The number of nitrogens with zero attached hydrogens (tertiary/aromatic N) is 1. The average Bonchev–Trinajstić information content (AvgIpc) is 2.80. The molecule has 1 atom stereocenters. The average molecular weight is 432 g/mol. The molecule has 0 aliphatic carbocycles. The van der Waals surface area contributed by atoms with Gasteiger partial charge in [0, 0.05) is 12.0 Å². The van der Waals surface area contributed by atoms with Crippen LogP contribution in [0.3, 0.4) is 0 Å². The highest BCUT2D eigenvalue weighted by molar-refractivity contribution is 5.69. The standard InChI is InChI=1S/C28H33NO3/c1-3-11-22-12-10-13-23(18-22)20-32-21-26(29(2)19-27(30)31)28(24-14-6-4-7-15-24)25-16-8-5-9-17-25/h4-10,12-18,26,28H,3,11,19-21H2,1-2H3,(H,30,31)/t26-/m1/s1. The minimum absolute atomic E-state index is 0.00632. The zero-order valence-electron chi connectivity index (χ0n) is 19.0. The molecule has 0 saturated carbocycles. The molecule has 0 aliphatic rings. The van der Waals surface area contributed by atoms with Gasteiger partial charge in [-0.05, 0) is 35.7 Å². The van der Waals surface area contributed by atoms with E-state index < -0.39 is 5.97 Å². The summed E-state index contributed by atoms with van der Waals surface area (Å²) in [6.07, 6.45) is 2.17. The Kier molecular flexibility index (Phi) is 9.02. The summed E-state index contributed by atoms with van der Waals surface area (Å²) < 4.78 is 6.21. The summed E-state index contributed by atoms with van der Waals surface area (Å²) in [6, 6.07) is 28.9. The van der Waals surface area contributed by atoms with Crippen molar-refractivity contribution in [1.82, 2.24) is 4.90 Å². The van der Waals surface area contributed by atoms with E-state index in [1.165, 1.54) is 5.56 Å². The van der Waals surface area contributed by atoms with Crippen molar-refractivity contribution in [2.24, 2.45) is 0 Å². The van der Waals surface area contributed by atoms with Crippen molar-refractivity contribution < 1.29 is 14.6 Å². The van der Waals surface area contributed by atoms with Gasteiger partial charge in [-0.25, -0.2) is 0 Å². The van der Waals surface area contributed by atoms with Crippen molar-refractivity contribution in [2.45, 2.75) is 38.3 Å². The molecule has 3 aromatic rings. The molecule has 0 spiro atoms. The number of carboxylic acid groups (broad SMARTS) is 1. The summed E-state index contributed by atoms with van der Waals surface area (Å²) in [5.41, 5.74) is 4.76. The van der Waals surface area contributed by atoms with Crippen LogP contribution in [0.25, 0.3) is 0 Å². The molecular formula is C28H33NO3. The number of likely N-dealkylation sites (N-methyl/N-ethyl adjacent to an activating group) is 1. The van der Waals surface area contributed by atoms with Crippen LogP contribution in [0, 0.1) is 0 Å². The summed E-state index contributed by atoms with van der Waals surface area (Å²) >= 11 is 0. The first-order valence-electron chi connectivity index (χ1n) is 11.3. The van der Waals surface area contributed by atoms with Crippen LogP contribution >= 0.6 is 0 Å². The van der Waals surface area contributed by atoms with Gasteiger partial charge in [-0.2, -0.15) is 0 Å². The molecule has 0 bridgehead atoms. The Bertz CT molecular complexity index is 919. The molecule has 4 nitrogen and oxygen atoms in total. The number of ether oxygens (including phenoxy) is 1. The van der Waals surface area contributed by atoms with Gasteiger partial charge in [-0.3, -0.25) is 9.69 Å². The van der Waals surface area contributed by atoms with E-state index in [2.05, 4.69) is 55.5 Å². The normalized spacial score (nSPS) is 12.2. The van der Waals surface area contributed by atoms with Crippen LogP contribution in [0.5, 0.6) is 0 Å². The van der Waals surface area contributed by atoms with Crippen molar-refractivity contribution >= 4 is 5.97 Å². The topological polar surface area (TPSA) is 49.8 Å². The van der Waals surface area contributed by atoms with E-state index in [9.17, 15) is 9.90 Å². The number of carboxylic acids is 1. The Morgan fingerprint density at radius 3 is 2.06 bits per heavy atom. The molecule has 0 aliphatic heterocycles. The van der Waals surface area contributed by atoms with Crippen LogP contribution in [0.4, 0.5) is 0 Å². The fourth-order valence-corrected chi connectivity index (χ4v) is 4.23. The third kappa shape index (κ3) is 6.78. The molecule has 0 fully saturated rings. The maximum absolute atomic E-state index is 11.5. The molecule has 0 radical (unpaired) electrons. The lowest BCUT2D eigenvalue weighted by Gasteiger charge is -2.34. The lowest BCUT2D eigenvalue weighted by molar-refractivity contribution is -0.138. The van der Waals surface area contributed by atoms with Crippen molar-refractivity contribution in [3.8, 4) is 0 Å². The second-order valence-corrected chi connectivity index (χ2v) is 8.26. The van der Waals surface area contributed by atoms with E-state index in [4.69, 9.17) is 4.74 Å². The van der Waals surface area contributed by atoms with Crippen LogP contribution < -0.4 is 0 Å². The van der Waals surface area contributed by atoms with Crippen LogP contribution in [0.15, 0.2) is 84.9 Å². The zero-order chi connectivity index (χ0) is 22.8. The number of carbonyl (C=O) groups is 1. The van der Waals surface area contributed by atoms with Gasteiger partial charge in [-0.15, -0.1) is 0 Å². The molecule has 3 rings (SSSR count). The van der Waals surface area contributed by atoms with Crippen molar-refractivity contribution in [2.75, 3.05) is 20.2 Å². The predicted molar refractivity (Wildman–Crippen MR) is 129 cm³/mol. The number of rotatable bonds is 12. The number of benzene rings is 3. The Hall–Kier alpha value is -2.95. The van der Waals surface area contributed by atoms with Gasteiger partial charge in [0.2, 0.25) is 0 Å². The molecule has 0 saturated heterocycles. The molecular weight excluding hydrogens is 398 g/mol. The van der Waals surface area contributed by atoms with E-state index in [1.807, 2.05) is 48.3 Å². The second kappa shape index (κ2) is 12.2. The van der Waals surface area contributed by atoms with Crippen LogP contribution in [-0.2, 0) is 22.6 Å². The summed E-state index contributed by atoms with van der Waals surface area (Å²) in [7, 11) is 1.86. The highest BCUT2D eigenvalue weighted by Crippen LogP contribution is 2.31. The monoisotopic (exact) mass is 431 g/mol. The number of aryl methyl sites for hydroxylation is 1.